The number of anilines is 2. The molecular formula is C16H16N6O2. The molecule has 3 rings (SSSR count). The van der Waals surface area contributed by atoms with Crippen molar-refractivity contribution in [1.82, 2.24) is 19.9 Å². The van der Waals surface area contributed by atoms with Crippen LogP contribution in [0, 0.1) is 0 Å². The molecule has 1 aromatic carbocycles. The Morgan fingerprint density at radius 2 is 2.04 bits per heavy atom. The second kappa shape index (κ2) is 5.99. The smallest absolute Gasteiger partial charge is 0.280 e. The van der Waals surface area contributed by atoms with Crippen LogP contribution in [-0.4, -0.2) is 32.1 Å². The van der Waals surface area contributed by atoms with Crippen molar-refractivity contribution in [3.63, 3.8) is 0 Å². The minimum absolute atomic E-state index is 0.0113. The zero-order chi connectivity index (χ0) is 17.3. The van der Waals surface area contributed by atoms with Gasteiger partial charge in [-0.3, -0.25) is 9.78 Å². The molecule has 0 aliphatic rings. The molecule has 4 N–H and O–H groups in total. The topological polar surface area (TPSA) is 121 Å². The van der Waals surface area contributed by atoms with Gasteiger partial charge in [0.2, 0.25) is 5.95 Å². The van der Waals surface area contributed by atoms with Crippen LogP contribution in [0.4, 0.5) is 11.6 Å². The molecular weight excluding hydrogens is 308 g/mol. The van der Waals surface area contributed by atoms with Crippen LogP contribution in [0.5, 0.6) is 0 Å². The fraction of sp³-hybridized carbons (Fsp3) is 0.125. The Morgan fingerprint density at radius 1 is 1.33 bits per heavy atom. The number of nitrogen functional groups attached to an aromatic ring is 1. The van der Waals surface area contributed by atoms with Gasteiger partial charge < -0.3 is 15.7 Å². The van der Waals surface area contributed by atoms with Gasteiger partial charge in [0, 0.05) is 18.3 Å². The molecule has 0 atom stereocenters. The van der Waals surface area contributed by atoms with E-state index in [1.54, 1.807) is 18.3 Å². The Bertz CT molecular complexity index is 964. The predicted octanol–water partition coefficient (Wildman–Crippen LogP) is 1.46. The summed E-state index contributed by atoms with van der Waals surface area (Å²) in [6, 6.07) is 7.27. The number of aromatic amines is 1. The zero-order valence-corrected chi connectivity index (χ0v) is 13.0. The average molecular weight is 324 g/mol. The van der Waals surface area contributed by atoms with Crippen molar-refractivity contribution in [3.8, 4) is 0 Å². The van der Waals surface area contributed by atoms with E-state index < -0.39 is 5.56 Å². The van der Waals surface area contributed by atoms with Crippen LogP contribution in [0.1, 0.15) is 11.3 Å². The van der Waals surface area contributed by atoms with Gasteiger partial charge in [-0.2, -0.15) is 4.98 Å². The number of aliphatic hydroxyl groups is 1. The van der Waals surface area contributed by atoms with Crippen molar-refractivity contribution in [2.24, 2.45) is 0 Å². The molecule has 0 saturated heterocycles. The Kier molecular flexibility index (Phi) is 3.87. The van der Waals surface area contributed by atoms with Crippen LogP contribution < -0.4 is 16.2 Å². The number of hydrogen-bond acceptors (Lipinski definition) is 7. The number of nitrogens with zero attached hydrogens (tertiary/aromatic N) is 4. The van der Waals surface area contributed by atoms with Crippen molar-refractivity contribution < 1.29 is 5.11 Å². The molecule has 24 heavy (non-hydrogen) atoms. The average Bonchev–Trinajstić information content (AvgIpc) is 2.55. The molecule has 2 heterocycles. The molecule has 0 spiro atoms. The van der Waals surface area contributed by atoms with Crippen LogP contribution >= 0.6 is 0 Å². The summed E-state index contributed by atoms with van der Waals surface area (Å²) in [5.41, 5.74) is 7.65. The molecule has 8 heteroatoms. The first kappa shape index (κ1) is 15.5. The molecule has 2 aromatic heterocycles. The summed E-state index contributed by atoms with van der Waals surface area (Å²) in [6.45, 7) is 3.94. The van der Waals surface area contributed by atoms with E-state index in [1.165, 1.54) is 0 Å². The first-order valence-corrected chi connectivity index (χ1v) is 7.15. The number of nitrogens with one attached hydrogen (secondary N) is 1. The van der Waals surface area contributed by atoms with Crippen molar-refractivity contribution >= 4 is 28.6 Å². The highest BCUT2D eigenvalue weighted by Gasteiger charge is 2.09. The third kappa shape index (κ3) is 3.02. The lowest BCUT2D eigenvalue weighted by Gasteiger charge is -2.19. The second-order valence-electron chi connectivity index (χ2n) is 5.33. The molecule has 122 valence electrons. The van der Waals surface area contributed by atoms with Gasteiger partial charge in [0.15, 0.2) is 11.2 Å². The Balaban J connectivity index is 1.86. The van der Waals surface area contributed by atoms with Crippen LogP contribution in [-0.2, 0) is 6.54 Å². The molecule has 0 aliphatic heterocycles. The van der Waals surface area contributed by atoms with Gasteiger partial charge in [-0.15, -0.1) is 0 Å². The molecule has 8 nitrogen and oxygen atoms in total. The van der Waals surface area contributed by atoms with Crippen LogP contribution in [0.2, 0.25) is 0 Å². The third-order valence-electron chi connectivity index (χ3n) is 3.53. The fourth-order valence-electron chi connectivity index (χ4n) is 2.29. The van der Waals surface area contributed by atoms with Crippen LogP contribution in [0.25, 0.3) is 16.9 Å². The number of H-pyrrole nitrogens is 1. The maximum atomic E-state index is 11.9. The van der Waals surface area contributed by atoms with Gasteiger partial charge in [0.25, 0.3) is 5.56 Å². The SMILES string of the molecule is C=C(O)c1ccc(N(C)Cc2cnc3nc(N)[nH]c(=O)c3n2)cc1. The monoisotopic (exact) mass is 324 g/mol. The number of aliphatic hydroxyl groups excluding tert-OH is 1. The highest BCUT2D eigenvalue weighted by atomic mass is 16.3. The summed E-state index contributed by atoms with van der Waals surface area (Å²) < 4.78 is 0. The van der Waals surface area contributed by atoms with E-state index in [0.29, 0.717) is 17.8 Å². The Morgan fingerprint density at radius 3 is 2.71 bits per heavy atom. The number of rotatable bonds is 4. The minimum atomic E-state index is -0.416. The van der Waals surface area contributed by atoms with E-state index in [9.17, 15) is 9.90 Å². The largest absolute Gasteiger partial charge is 0.508 e. The number of hydrogen-bond donors (Lipinski definition) is 3. The minimum Gasteiger partial charge on any atom is -0.508 e. The van der Waals surface area contributed by atoms with Crippen LogP contribution in [0.3, 0.4) is 0 Å². The van der Waals surface area contributed by atoms with E-state index in [-0.39, 0.29) is 22.9 Å². The summed E-state index contributed by atoms with van der Waals surface area (Å²) in [5.74, 6) is 0.0350. The highest BCUT2D eigenvalue weighted by Crippen LogP contribution is 2.18. The molecule has 0 fully saturated rings. The normalized spacial score (nSPS) is 10.7. The maximum Gasteiger partial charge on any atom is 0.280 e. The van der Waals surface area contributed by atoms with Gasteiger partial charge in [-0.05, 0) is 24.3 Å². The third-order valence-corrected chi connectivity index (χ3v) is 3.53. The quantitative estimate of drug-likeness (QED) is 0.621. The Labute approximate surface area is 137 Å². The molecule has 0 radical (unpaired) electrons. The summed E-state index contributed by atoms with van der Waals surface area (Å²) in [6.07, 6.45) is 1.56. The number of aromatic nitrogens is 4. The molecule has 3 aromatic rings. The summed E-state index contributed by atoms with van der Waals surface area (Å²) >= 11 is 0. The lowest BCUT2D eigenvalue weighted by molar-refractivity contribution is 0.514. The van der Waals surface area contributed by atoms with Gasteiger partial charge in [0.1, 0.15) is 5.76 Å². The van der Waals surface area contributed by atoms with Gasteiger partial charge in [-0.25, -0.2) is 9.97 Å². The van der Waals surface area contributed by atoms with E-state index in [4.69, 9.17) is 5.73 Å². The molecule has 0 saturated carbocycles. The molecule has 0 aliphatic carbocycles. The van der Waals surface area contributed by atoms with E-state index in [1.807, 2.05) is 24.1 Å². The molecule has 0 bridgehead atoms. The maximum absolute atomic E-state index is 11.9. The van der Waals surface area contributed by atoms with Crippen molar-refractivity contribution in [1.29, 1.82) is 0 Å². The standard InChI is InChI=1S/C16H16N6O2/c1-9(23)10-3-5-12(6-4-10)22(2)8-11-7-18-14-13(19-11)15(24)21-16(17)20-14/h3-7,23H,1,8H2,2H3,(H3,17,18,20,21,24). The van der Waals surface area contributed by atoms with Crippen molar-refractivity contribution in [2.75, 3.05) is 17.7 Å². The van der Waals surface area contributed by atoms with Gasteiger partial charge >= 0.3 is 0 Å². The fourth-order valence-corrected chi connectivity index (χ4v) is 2.29. The highest BCUT2D eigenvalue weighted by molar-refractivity contribution is 5.69. The summed E-state index contributed by atoms with van der Waals surface area (Å²) in [5, 5.41) is 9.36. The Hall–Kier alpha value is -3.42. The molecule has 0 amide bonds. The van der Waals surface area contributed by atoms with E-state index >= 15 is 0 Å². The predicted molar refractivity (Wildman–Crippen MR) is 92.6 cm³/mol. The number of nitrogens with two attached hydrogens (primary N) is 1. The van der Waals surface area contributed by atoms with Crippen molar-refractivity contribution in [3.05, 3.63) is 58.7 Å². The van der Waals surface area contributed by atoms with Crippen molar-refractivity contribution in [2.45, 2.75) is 6.54 Å². The van der Waals surface area contributed by atoms with Crippen LogP contribution in [0.15, 0.2) is 41.8 Å². The number of fused-ring (bicyclic) bond motifs is 1. The zero-order valence-electron chi connectivity index (χ0n) is 13.0. The lowest BCUT2D eigenvalue weighted by atomic mass is 10.2. The van der Waals surface area contributed by atoms with E-state index in [0.717, 1.165) is 5.69 Å². The second-order valence-corrected chi connectivity index (χ2v) is 5.33. The van der Waals surface area contributed by atoms with E-state index in [2.05, 4.69) is 26.5 Å². The van der Waals surface area contributed by atoms with Gasteiger partial charge in [-0.1, -0.05) is 6.58 Å². The van der Waals surface area contributed by atoms with Gasteiger partial charge in [0.05, 0.1) is 18.4 Å². The summed E-state index contributed by atoms with van der Waals surface area (Å²) in [7, 11) is 1.89. The lowest BCUT2D eigenvalue weighted by Crippen LogP contribution is -2.19. The molecule has 0 unspecified atom stereocenters. The number of benzene rings is 1. The first-order valence-electron chi connectivity index (χ1n) is 7.15. The summed E-state index contributed by atoms with van der Waals surface area (Å²) in [4.78, 5) is 28.6. The first-order chi connectivity index (χ1) is 11.4.